The van der Waals surface area contributed by atoms with Gasteiger partial charge in [-0.3, -0.25) is 14.5 Å². The van der Waals surface area contributed by atoms with Gasteiger partial charge in [-0.15, -0.1) is 0 Å². The van der Waals surface area contributed by atoms with Crippen LogP contribution in [0, 0.1) is 0 Å². The van der Waals surface area contributed by atoms with E-state index in [2.05, 4.69) is 0 Å². The molecule has 6 nitrogen and oxygen atoms in total. The van der Waals surface area contributed by atoms with Gasteiger partial charge in [-0.05, 0) is 18.1 Å². The number of amides is 4. The third-order valence-electron chi connectivity index (χ3n) is 5.13. The maximum Gasteiger partial charge on any atom is 0.416 e. The zero-order valence-corrected chi connectivity index (χ0v) is 15.0. The highest BCUT2D eigenvalue weighted by molar-refractivity contribution is 6.05. The quantitative estimate of drug-likeness (QED) is 0.751. The van der Waals surface area contributed by atoms with Crippen molar-refractivity contribution in [2.75, 3.05) is 13.6 Å². The second kappa shape index (κ2) is 6.86. The number of imide groups is 1. The van der Waals surface area contributed by atoms with Crippen LogP contribution < -0.4 is 0 Å². The fourth-order valence-electron chi connectivity index (χ4n) is 3.73. The molecule has 9 heteroatoms. The second-order valence-corrected chi connectivity index (χ2v) is 6.81. The molecule has 0 unspecified atom stereocenters. The van der Waals surface area contributed by atoms with E-state index in [4.69, 9.17) is 0 Å². The minimum Gasteiger partial charge on any atom is -0.336 e. The summed E-state index contributed by atoms with van der Waals surface area (Å²) in [5.74, 6) is -0.736. The summed E-state index contributed by atoms with van der Waals surface area (Å²) < 4.78 is 39.5. The maximum atomic E-state index is 13.2. The van der Waals surface area contributed by atoms with Crippen molar-refractivity contribution in [1.82, 2.24) is 14.7 Å². The Balaban J connectivity index is 1.78. The lowest BCUT2D eigenvalue weighted by Gasteiger charge is -2.23. The molecule has 0 saturated carbocycles. The van der Waals surface area contributed by atoms with Crippen molar-refractivity contribution in [1.29, 1.82) is 0 Å². The predicted molar refractivity (Wildman–Crippen MR) is 89.4 cm³/mol. The monoisotopic (exact) mass is 383 g/mol. The van der Waals surface area contributed by atoms with E-state index in [0.29, 0.717) is 6.42 Å². The smallest absolute Gasteiger partial charge is 0.336 e. The van der Waals surface area contributed by atoms with E-state index in [1.165, 1.54) is 35.0 Å². The van der Waals surface area contributed by atoms with E-state index in [-0.39, 0.29) is 36.9 Å². The van der Waals surface area contributed by atoms with Gasteiger partial charge in [-0.2, -0.15) is 13.2 Å². The molecule has 1 aromatic rings. The Morgan fingerprint density at radius 1 is 1.15 bits per heavy atom. The Morgan fingerprint density at radius 2 is 1.81 bits per heavy atom. The van der Waals surface area contributed by atoms with Crippen LogP contribution in [-0.2, 0) is 22.3 Å². The third kappa shape index (κ3) is 3.38. The number of halogens is 3. The molecular formula is C18H20F3N3O3. The van der Waals surface area contributed by atoms with E-state index in [1.807, 2.05) is 0 Å². The van der Waals surface area contributed by atoms with Gasteiger partial charge in [0.25, 0.3) is 5.91 Å². The van der Waals surface area contributed by atoms with Gasteiger partial charge < -0.3 is 9.80 Å². The minimum atomic E-state index is -4.52. The fourth-order valence-corrected chi connectivity index (χ4v) is 3.73. The van der Waals surface area contributed by atoms with E-state index < -0.39 is 29.9 Å². The first-order chi connectivity index (χ1) is 12.6. The SMILES string of the molecule is CC[C@@H]1C(=O)N([C@H]2CC(=O)N(Cc3ccccc3C(F)(F)F)C2)C(=O)N1C. The van der Waals surface area contributed by atoms with Crippen molar-refractivity contribution in [3.8, 4) is 0 Å². The van der Waals surface area contributed by atoms with Crippen LogP contribution in [0.2, 0.25) is 0 Å². The number of hydrogen-bond donors (Lipinski definition) is 0. The summed E-state index contributed by atoms with van der Waals surface area (Å²) in [4.78, 5) is 40.9. The molecule has 4 amide bonds. The molecule has 2 atom stereocenters. The fraction of sp³-hybridized carbons (Fsp3) is 0.500. The lowest BCUT2D eigenvalue weighted by atomic mass is 10.1. The Bertz CT molecular complexity index is 781. The van der Waals surface area contributed by atoms with E-state index in [1.54, 1.807) is 6.92 Å². The number of nitrogens with zero attached hydrogens (tertiary/aromatic N) is 3. The van der Waals surface area contributed by atoms with Gasteiger partial charge >= 0.3 is 12.2 Å². The molecule has 1 aromatic carbocycles. The lowest BCUT2D eigenvalue weighted by Crippen LogP contribution is -2.42. The summed E-state index contributed by atoms with van der Waals surface area (Å²) in [5.41, 5.74) is -0.804. The number of likely N-dealkylation sites (tertiary alicyclic amines) is 1. The molecule has 27 heavy (non-hydrogen) atoms. The summed E-state index contributed by atoms with van der Waals surface area (Å²) >= 11 is 0. The normalized spacial score (nSPS) is 23.7. The van der Waals surface area contributed by atoms with Gasteiger partial charge in [0.2, 0.25) is 5.91 Å². The molecule has 146 valence electrons. The largest absolute Gasteiger partial charge is 0.416 e. The van der Waals surface area contributed by atoms with Crippen LogP contribution >= 0.6 is 0 Å². The molecule has 2 fully saturated rings. The van der Waals surface area contributed by atoms with Crippen molar-refractivity contribution in [2.45, 2.75) is 44.6 Å². The molecule has 0 aromatic heterocycles. The molecule has 0 spiro atoms. The first-order valence-electron chi connectivity index (χ1n) is 8.67. The number of urea groups is 1. The molecule has 0 bridgehead atoms. The summed E-state index contributed by atoms with van der Waals surface area (Å²) in [6.07, 6.45) is -4.13. The van der Waals surface area contributed by atoms with Gasteiger partial charge in [-0.25, -0.2) is 4.79 Å². The Kier molecular flexibility index (Phi) is 4.88. The third-order valence-corrected chi connectivity index (χ3v) is 5.13. The molecule has 0 aliphatic carbocycles. The molecule has 2 aliphatic heterocycles. The predicted octanol–water partition coefficient (Wildman–Crippen LogP) is 2.48. The van der Waals surface area contributed by atoms with Gasteiger partial charge in [0.1, 0.15) is 6.04 Å². The molecule has 2 heterocycles. The number of alkyl halides is 3. The maximum absolute atomic E-state index is 13.2. The molecule has 0 radical (unpaired) electrons. The number of carbonyl (C=O) groups is 3. The highest BCUT2D eigenvalue weighted by atomic mass is 19.4. The van der Waals surface area contributed by atoms with Crippen LogP contribution in [-0.4, -0.2) is 58.2 Å². The van der Waals surface area contributed by atoms with Crippen molar-refractivity contribution in [3.05, 3.63) is 35.4 Å². The van der Waals surface area contributed by atoms with Crippen molar-refractivity contribution in [2.24, 2.45) is 0 Å². The number of carbonyl (C=O) groups excluding carboxylic acids is 3. The number of rotatable bonds is 4. The van der Waals surface area contributed by atoms with Crippen LogP contribution in [0.15, 0.2) is 24.3 Å². The van der Waals surface area contributed by atoms with Gasteiger partial charge in [0.15, 0.2) is 0 Å². The zero-order valence-electron chi connectivity index (χ0n) is 15.0. The molecule has 2 aliphatic rings. The Hall–Kier alpha value is -2.58. The van der Waals surface area contributed by atoms with Crippen molar-refractivity contribution < 1.29 is 27.6 Å². The van der Waals surface area contributed by atoms with Gasteiger partial charge in [0, 0.05) is 26.6 Å². The second-order valence-electron chi connectivity index (χ2n) is 6.81. The van der Waals surface area contributed by atoms with Crippen LogP contribution in [0.3, 0.4) is 0 Å². The van der Waals surface area contributed by atoms with Crippen LogP contribution in [0.5, 0.6) is 0 Å². The standard InChI is InChI=1S/C18H20F3N3O3/c1-3-14-16(26)24(17(27)22(14)2)12-8-15(25)23(10-12)9-11-6-4-5-7-13(11)18(19,20)21/h4-7,12,14H,3,8-10H2,1-2H3/t12-,14+/m0/s1. The van der Waals surface area contributed by atoms with Gasteiger partial charge in [0.05, 0.1) is 11.6 Å². The van der Waals surface area contributed by atoms with E-state index in [0.717, 1.165) is 11.0 Å². The lowest BCUT2D eigenvalue weighted by molar-refractivity contribution is -0.139. The first-order valence-corrected chi connectivity index (χ1v) is 8.67. The highest BCUT2D eigenvalue weighted by Crippen LogP contribution is 2.33. The topological polar surface area (TPSA) is 60.9 Å². The minimum absolute atomic E-state index is 0.0124. The molecule has 2 saturated heterocycles. The Labute approximate surface area is 154 Å². The summed E-state index contributed by atoms with van der Waals surface area (Å²) in [6.45, 7) is 1.61. The van der Waals surface area contributed by atoms with Gasteiger partial charge in [-0.1, -0.05) is 25.1 Å². The van der Waals surface area contributed by atoms with Crippen LogP contribution in [0.25, 0.3) is 0 Å². The van der Waals surface area contributed by atoms with Crippen LogP contribution in [0.4, 0.5) is 18.0 Å². The summed E-state index contributed by atoms with van der Waals surface area (Å²) in [6, 6.07) is 3.39. The first kappa shape index (κ1) is 19.2. The number of benzene rings is 1. The van der Waals surface area contributed by atoms with Crippen molar-refractivity contribution >= 4 is 17.8 Å². The van der Waals surface area contributed by atoms with Crippen molar-refractivity contribution in [3.63, 3.8) is 0 Å². The number of likely N-dealkylation sites (N-methyl/N-ethyl adjacent to an activating group) is 1. The van der Waals surface area contributed by atoms with E-state index in [9.17, 15) is 27.6 Å². The Morgan fingerprint density at radius 3 is 2.41 bits per heavy atom. The molecule has 3 rings (SSSR count). The van der Waals surface area contributed by atoms with Crippen LogP contribution in [0.1, 0.15) is 30.9 Å². The molecule has 0 N–H and O–H groups in total. The highest BCUT2D eigenvalue weighted by Gasteiger charge is 2.48. The van der Waals surface area contributed by atoms with E-state index >= 15 is 0 Å². The molecular weight excluding hydrogens is 363 g/mol. The average Bonchev–Trinajstić information content (AvgIpc) is 3.04. The summed E-state index contributed by atoms with van der Waals surface area (Å²) in [7, 11) is 1.53. The summed E-state index contributed by atoms with van der Waals surface area (Å²) in [5, 5.41) is 0. The average molecular weight is 383 g/mol. The number of hydrogen-bond acceptors (Lipinski definition) is 3. The zero-order chi connectivity index (χ0) is 19.9.